The van der Waals surface area contributed by atoms with Gasteiger partial charge in [-0.3, -0.25) is 10.1 Å². The molecule has 7 nitrogen and oxygen atoms in total. The van der Waals surface area contributed by atoms with Gasteiger partial charge in [-0.15, -0.1) is 0 Å². The molecule has 104 valence electrons. The lowest BCUT2D eigenvalue weighted by molar-refractivity contribution is -0.385. The highest BCUT2D eigenvalue weighted by Crippen LogP contribution is 2.27. The first-order chi connectivity index (χ1) is 9.31. The summed E-state index contributed by atoms with van der Waals surface area (Å²) >= 11 is 5.90. The number of rotatable bonds is 3. The molecular weight excluding hydrogens is 286 g/mol. The van der Waals surface area contributed by atoms with Crippen LogP contribution in [0.25, 0.3) is 5.69 Å². The zero-order chi connectivity index (χ0) is 15.0. The summed E-state index contributed by atoms with van der Waals surface area (Å²) in [5.74, 6) is -1.25. The Morgan fingerprint density at radius 2 is 2.10 bits per heavy atom. The monoisotopic (exact) mass is 295 g/mol. The van der Waals surface area contributed by atoms with Crippen LogP contribution in [0.2, 0.25) is 5.02 Å². The summed E-state index contributed by atoms with van der Waals surface area (Å²) in [4.78, 5) is 21.5. The average molecular weight is 296 g/mol. The third kappa shape index (κ3) is 2.35. The van der Waals surface area contributed by atoms with Crippen molar-refractivity contribution in [1.82, 2.24) is 9.78 Å². The van der Waals surface area contributed by atoms with Gasteiger partial charge in [0, 0.05) is 12.3 Å². The SMILES string of the molecule is Cc1nn(-c2cc(C(=O)O)cc([N+](=O)[O-])c2C)cc1Cl. The van der Waals surface area contributed by atoms with Gasteiger partial charge in [0.2, 0.25) is 0 Å². The lowest BCUT2D eigenvalue weighted by Gasteiger charge is -2.08. The molecule has 8 heteroatoms. The number of aromatic nitrogens is 2. The molecule has 1 aromatic carbocycles. The fourth-order valence-electron chi connectivity index (χ4n) is 1.80. The molecule has 0 saturated heterocycles. The Bertz CT molecular complexity index is 704. The van der Waals surface area contributed by atoms with Crippen molar-refractivity contribution in [2.45, 2.75) is 13.8 Å². The van der Waals surface area contributed by atoms with Crippen molar-refractivity contribution >= 4 is 23.3 Å². The van der Waals surface area contributed by atoms with Crippen LogP contribution in [0.4, 0.5) is 5.69 Å². The van der Waals surface area contributed by atoms with Crippen LogP contribution in [-0.4, -0.2) is 25.8 Å². The number of hydrogen-bond donors (Lipinski definition) is 1. The number of aryl methyl sites for hydroxylation is 1. The number of nitrogens with zero attached hydrogens (tertiary/aromatic N) is 3. The first kappa shape index (κ1) is 14.0. The predicted molar refractivity (Wildman–Crippen MR) is 71.7 cm³/mol. The number of carboxylic acids is 1. The minimum absolute atomic E-state index is 0.179. The normalized spacial score (nSPS) is 10.6. The minimum Gasteiger partial charge on any atom is -0.478 e. The predicted octanol–water partition coefficient (Wildman–Crippen LogP) is 2.75. The molecule has 20 heavy (non-hydrogen) atoms. The molecule has 2 aromatic rings. The van der Waals surface area contributed by atoms with Crippen LogP contribution in [0.1, 0.15) is 21.6 Å². The maximum Gasteiger partial charge on any atom is 0.336 e. The van der Waals surface area contributed by atoms with Gasteiger partial charge in [-0.25, -0.2) is 9.48 Å². The van der Waals surface area contributed by atoms with Crippen LogP contribution in [0.15, 0.2) is 18.3 Å². The summed E-state index contributed by atoms with van der Waals surface area (Å²) in [7, 11) is 0. The molecule has 1 heterocycles. The van der Waals surface area contributed by atoms with Gasteiger partial charge >= 0.3 is 5.97 Å². The molecule has 0 aliphatic carbocycles. The average Bonchev–Trinajstić information content (AvgIpc) is 2.69. The first-order valence-electron chi connectivity index (χ1n) is 5.55. The van der Waals surface area contributed by atoms with Gasteiger partial charge in [-0.1, -0.05) is 11.6 Å². The van der Waals surface area contributed by atoms with Gasteiger partial charge in [0.15, 0.2) is 0 Å². The topological polar surface area (TPSA) is 98.3 Å². The van der Waals surface area contributed by atoms with E-state index >= 15 is 0 Å². The number of nitro groups is 1. The quantitative estimate of drug-likeness (QED) is 0.693. The molecule has 0 saturated carbocycles. The Balaban J connectivity index is 2.74. The van der Waals surface area contributed by atoms with E-state index in [9.17, 15) is 14.9 Å². The Labute approximate surface area is 118 Å². The van der Waals surface area contributed by atoms with E-state index in [0.717, 1.165) is 6.07 Å². The molecule has 0 aliphatic heterocycles. The molecule has 0 amide bonds. The van der Waals surface area contributed by atoms with E-state index in [1.54, 1.807) is 6.92 Å². The second-order valence-corrected chi connectivity index (χ2v) is 4.62. The zero-order valence-corrected chi connectivity index (χ0v) is 11.4. The van der Waals surface area contributed by atoms with Crippen molar-refractivity contribution in [3.63, 3.8) is 0 Å². The molecule has 0 spiro atoms. The molecule has 0 aliphatic rings. The van der Waals surface area contributed by atoms with E-state index < -0.39 is 10.9 Å². The third-order valence-corrected chi connectivity index (χ3v) is 3.25. The smallest absolute Gasteiger partial charge is 0.336 e. The first-order valence-corrected chi connectivity index (χ1v) is 5.93. The number of aromatic carboxylic acids is 1. The highest BCUT2D eigenvalue weighted by molar-refractivity contribution is 6.31. The molecule has 0 atom stereocenters. The third-order valence-electron chi connectivity index (χ3n) is 2.88. The van der Waals surface area contributed by atoms with Crippen LogP contribution in [0.5, 0.6) is 0 Å². The van der Waals surface area contributed by atoms with Crippen molar-refractivity contribution in [3.8, 4) is 5.69 Å². The van der Waals surface area contributed by atoms with Crippen LogP contribution < -0.4 is 0 Å². The largest absolute Gasteiger partial charge is 0.478 e. The van der Waals surface area contributed by atoms with E-state index in [2.05, 4.69) is 5.10 Å². The number of hydrogen-bond acceptors (Lipinski definition) is 4. The lowest BCUT2D eigenvalue weighted by Crippen LogP contribution is -2.06. The number of carboxylic acid groups (broad SMARTS) is 1. The van der Waals surface area contributed by atoms with E-state index in [1.807, 2.05) is 0 Å². The maximum atomic E-state index is 11.1. The van der Waals surface area contributed by atoms with Gasteiger partial charge in [0.1, 0.15) is 0 Å². The van der Waals surface area contributed by atoms with E-state index in [0.29, 0.717) is 22.0 Å². The number of benzene rings is 1. The van der Waals surface area contributed by atoms with Gasteiger partial charge < -0.3 is 5.11 Å². The molecular formula is C12H10ClN3O4. The van der Waals surface area contributed by atoms with Crippen LogP contribution in [0, 0.1) is 24.0 Å². The second-order valence-electron chi connectivity index (χ2n) is 4.21. The van der Waals surface area contributed by atoms with E-state index in [4.69, 9.17) is 16.7 Å². The summed E-state index contributed by atoms with van der Waals surface area (Å²) in [6.07, 6.45) is 1.48. The van der Waals surface area contributed by atoms with E-state index in [1.165, 1.54) is 23.9 Å². The van der Waals surface area contributed by atoms with Crippen molar-refractivity contribution in [3.05, 3.63) is 50.3 Å². The van der Waals surface area contributed by atoms with Crippen LogP contribution >= 0.6 is 11.6 Å². The Kier molecular flexibility index (Phi) is 3.46. The summed E-state index contributed by atoms with van der Waals surface area (Å²) < 4.78 is 1.34. The fourth-order valence-corrected chi connectivity index (χ4v) is 1.93. The van der Waals surface area contributed by atoms with E-state index in [-0.39, 0.29) is 11.3 Å². The molecule has 1 N–H and O–H groups in total. The van der Waals surface area contributed by atoms with Gasteiger partial charge in [-0.05, 0) is 19.9 Å². The molecule has 0 radical (unpaired) electrons. The summed E-state index contributed by atoms with van der Waals surface area (Å²) in [5.41, 5.74) is 0.728. The van der Waals surface area contributed by atoms with Gasteiger partial charge in [0.05, 0.1) is 32.5 Å². The van der Waals surface area contributed by atoms with Gasteiger partial charge in [0.25, 0.3) is 5.69 Å². The zero-order valence-electron chi connectivity index (χ0n) is 10.6. The Morgan fingerprint density at radius 1 is 1.45 bits per heavy atom. The van der Waals surface area contributed by atoms with Crippen molar-refractivity contribution in [1.29, 1.82) is 0 Å². The van der Waals surface area contributed by atoms with Crippen LogP contribution in [0.3, 0.4) is 0 Å². The second kappa shape index (κ2) is 4.93. The van der Waals surface area contributed by atoms with Crippen molar-refractivity contribution < 1.29 is 14.8 Å². The number of nitro benzene ring substituents is 1. The summed E-state index contributed by atoms with van der Waals surface area (Å²) in [6, 6.07) is 2.35. The molecule has 0 bridgehead atoms. The summed E-state index contributed by atoms with van der Waals surface area (Å²) in [6.45, 7) is 3.22. The maximum absolute atomic E-state index is 11.1. The number of halogens is 1. The molecule has 1 aromatic heterocycles. The Morgan fingerprint density at radius 3 is 2.55 bits per heavy atom. The number of carbonyl (C=O) groups is 1. The minimum atomic E-state index is -1.25. The van der Waals surface area contributed by atoms with Gasteiger partial charge in [-0.2, -0.15) is 5.10 Å². The molecule has 0 unspecified atom stereocenters. The molecule has 2 rings (SSSR count). The highest BCUT2D eigenvalue weighted by Gasteiger charge is 2.20. The lowest BCUT2D eigenvalue weighted by atomic mass is 10.1. The summed E-state index contributed by atoms with van der Waals surface area (Å²) in [5, 5.41) is 24.6. The Hall–Kier alpha value is -2.41. The molecule has 0 fully saturated rings. The van der Waals surface area contributed by atoms with Crippen molar-refractivity contribution in [2.24, 2.45) is 0 Å². The van der Waals surface area contributed by atoms with Crippen LogP contribution in [-0.2, 0) is 0 Å². The highest BCUT2D eigenvalue weighted by atomic mass is 35.5. The standard InChI is InChI=1S/C12H10ClN3O4/c1-6-10(15-5-9(13)7(2)14-15)3-8(12(17)18)4-11(6)16(19)20/h3-5H,1-2H3,(H,17,18). The fraction of sp³-hybridized carbons (Fsp3) is 0.167. The van der Waals surface area contributed by atoms with Crippen molar-refractivity contribution in [2.75, 3.05) is 0 Å².